The maximum absolute atomic E-state index is 13.1. The summed E-state index contributed by atoms with van der Waals surface area (Å²) in [5, 5.41) is 0. The third-order valence-electron chi connectivity index (χ3n) is 3.05. The molecule has 0 aliphatic carbocycles. The van der Waals surface area contributed by atoms with Crippen molar-refractivity contribution in [3.63, 3.8) is 0 Å². The number of halogens is 7. The molecule has 0 aliphatic heterocycles. The van der Waals surface area contributed by atoms with E-state index in [0.29, 0.717) is 12.5 Å². The van der Waals surface area contributed by atoms with Crippen LogP contribution in [0.25, 0.3) is 0 Å². The molecule has 1 aromatic rings. The van der Waals surface area contributed by atoms with Crippen LogP contribution < -0.4 is 10.5 Å². The normalized spacial score (nSPS) is 13.2. The number of allylic oxidation sites excluding steroid dienone is 1. The lowest BCUT2D eigenvalue weighted by Crippen LogP contribution is -2.20. The molecule has 0 aromatic heterocycles. The Bertz CT molecular complexity index is 541. The van der Waals surface area contributed by atoms with Crippen LogP contribution in [0.1, 0.15) is 35.6 Å². The first-order valence-electron chi connectivity index (χ1n) is 6.25. The van der Waals surface area contributed by atoms with Crippen molar-refractivity contribution in [2.45, 2.75) is 31.2 Å². The molecular weight excluding hydrogens is 348 g/mol. The molecule has 0 saturated carbocycles. The largest absolute Gasteiger partial charge is 0.496 e. The topological polar surface area (TPSA) is 35.2 Å². The number of hydrogen-bond acceptors (Lipinski definition) is 2. The maximum atomic E-state index is 13.1. The molecular formula is C14H16ClF6NO. The Balaban J connectivity index is 0.00000484. The minimum atomic E-state index is -4.98. The molecule has 0 heterocycles. The van der Waals surface area contributed by atoms with E-state index < -0.39 is 40.8 Å². The molecule has 0 unspecified atom stereocenters. The van der Waals surface area contributed by atoms with Crippen LogP contribution in [0.5, 0.6) is 5.75 Å². The number of benzene rings is 1. The van der Waals surface area contributed by atoms with Gasteiger partial charge in [0, 0.05) is 11.6 Å². The molecule has 2 N–H and O–H groups in total. The second-order valence-corrected chi connectivity index (χ2v) is 4.61. The highest BCUT2D eigenvalue weighted by Crippen LogP contribution is 2.43. The van der Waals surface area contributed by atoms with E-state index in [1.807, 2.05) is 0 Å². The van der Waals surface area contributed by atoms with Crippen LogP contribution in [0, 0.1) is 0 Å². The first-order valence-corrected chi connectivity index (χ1v) is 6.25. The lowest BCUT2D eigenvalue weighted by Gasteiger charge is -2.23. The minimum Gasteiger partial charge on any atom is -0.496 e. The molecule has 0 radical (unpaired) electrons. The molecule has 0 amide bonds. The molecule has 9 heteroatoms. The van der Waals surface area contributed by atoms with Crippen molar-refractivity contribution in [3.05, 3.63) is 41.5 Å². The van der Waals surface area contributed by atoms with E-state index >= 15 is 0 Å². The first kappa shape index (κ1) is 21.6. The molecule has 0 fully saturated rings. The molecule has 0 spiro atoms. The Labute approximate surface area is 135 Å². The Morgan fingerprint density at radius 1 is 1.17 bits per heavy atom. The van der Waals surface area contributed by atoms with Crippen molar-refractivity contribution in [2.24, 2.45) is 5.73 Å². The molecule has 23 heavy (non-hydrogen) atoms. The van der Waals surface area contributed by atoms with Crippen molar-refractivity contribution < 1.29 is 31.1 Å². The average Bonchev–Trinajstić information content (AvgIpc) is 2.41. The fourth-order valence-corrected chi connectivity index (χ4v) is 2.02. The highest BCUT2D eigenvalue weighted by atomic mass is 35.5. The van der Waals surface area contributed by atoms with Gasteiger partial charge in [-0.2, -0.15) is 26.3 Å². The third kappa shape index (κ3) is 5.31. The number of hydrogen-bond donors (Lipinski definition) is 1. The third-order valence-corrected chi connectivity index (χ3v) is 3.05. The maximum Gasteiger partial charge on any atom is 0.416 e. The summed E-state index contributed by atoms with van der Waals surface area (Å²) in [6.45, 7) is 3.43. The van der Waals surface area contributed by atoms with Crippen molar-refractivity contribution in [2.75, 3.05) is 7.11 Å². The van der Waals surface area contributed by atoms with E-state index in [9.17, 15) is 26.3 Å². The summed E-state index contributed by atoms with van der Waals surface area (Å²) in [7, 11) is 0.999. The van der Waals surface area contributed by atoms with Gasteiger partial charge in [-0.05, 0) is 25.0 Å². The van der Waals surface area contributed by atoms with Gasteiger partial charge in [-0.3, -0.25) is 0 Å². The van der Waals surface area contributed by atoms with Crippen LogP contribution in [-0.4, -0.2) is 7.11 Å². The Hall–Kier alpha value is -1.41. The highest BCUT2D eigenvalue weighted by Gasteiger charge is 2.40. The van der Waals surface area contributed by atoms with Gasteiger partial charge < -0.3 is 10.5 Å². The fourth-order valence-electron chi connectivity index (χ4n) is 2.02. The summed E-state index contributed by atoms with van der Waals surface area (Å²) < 4.78 is 82.3. The van der Waals surface area contributed by atoms with Crippen molar-refractivity contribution in [1.29, 1.82) is 0 Å². The van der Waals surface area contributed by atoms with E-state index in [2.05, 4.69) is 6.58 Å². The lowest BCUT2D eigenvalue weighted by molar-refractivity contribution is -0.143. The van der Waals surface area contributed by atoms with Gasteiger partial charge in [0.25, 0.3) is 0 Å². The van der Waals surface area contributed by atoms with E-state index in [-0.39, 0.29) is 24.9 Å². The van der Waals surface area contributed by atoms with Crippen LogP contribution >= 0.6 is 12.4 Å². The van der Waals surface area contributed by atoms with Gasteiger partial charge in [-0.1, -0.05) is 6.08 Å². The van der Waals surface area contributed by atoms with Gasteiger partial charge in [0.2, 0.25) is 0 Å². The van der Waals surface area contributed by atoms with Crippen LogP contribution in [0.2, 0.25) is 0 Å². The van der Waals surface area contributed by atoms with Gasteiger partial charge in [0.1, 0.15) is 5.75 Å². The van der Waals surface area contributed by atoms with Gasteiger partial charge in [0.15, 0.2) is 0 Å². The van der Waals surface area contributed by atoms with Crippen LogP contribution in [0.15, 0.2) is 24.8 Å². The second-order valence-electron chi connectivity index (χ2n) is 4.61. The van der Waals surface area contributed by atoms with Gasteiger partial charge in [0.05, 0.1) is 18.2 Å². The van der Waals surface area contributed by atoms with E-state index in [0.717, 1.165) is 7.11 Å². The van der Waals surface area contributed by atoms with Crippen LogP contribution in [-0.2, 0) is 12.4 Å². The summed E-state index contributed by atoms with van der Waals surface area (Å²) in [5.74, 6) is -0.529. The van der Waals surface area contributed by atoms with E-state index in [1.165, 1.54) is 6.08 Å². The molecule has 0 bridgehead atoms. The Morgan fingerprint density at radius 2 is 1.74 bits per heavy atom. The monoisotopic (exact) mass is 363 g/mol. The van der Waals surface area contributed by atoms with Crippen molar-refractivity contribution in [1.82, 2.24) is 0 Å². The fraction of sp³-hybridized carbons (Fsp3) is 0.429. The zero-order valence-corrected chi connectivity index (χ0v) is 12.9. The van der Waals surface area contributed by atoms with Crippen molar-refractivity contribution >= 4 is 12.4 Å². The van der Waals surface area contributed by atoms with Crippen LogP contribution in [0.3, 0.4) is 0 Å². The second kappa shape index (κ2) is 7.92. The molecule has 0 aliphatic rings. The van der Waals surface area contributed by atoms with Crippen LogP contribution in [0.4, 0.5) is 26.3 Å². The standard InChI is InChI=1S/C14H15F6NO.ClH/c1-3-4-5-10(21)12-9(14(18,19)20)6-8(13(15,16)17)7-11(12)22-2;/h3,6-7,10H,1,4-5,21H2,2H3;1H/t10-;/m0./s1. The zero-order valence-electron chi connectivity index (χ0n) is 12.1. The number of rotatable bonds is 5. The number of ether oxygens (including phenoxy) is 1. The molecule has 1 atom stereocenters. The Morgan fingerprint density at radius 3 is 2.13 bits per heavy atom. The molecule has 2 nitrogen and oxygen atoms in total. The zero-order chi connectivity index (χ0) is 17.1. The predicted molar refractivity (Wildman–Crippen MR) is 76.6 cm³/mol. The molecule has 0 saturated heterocycles. The summed E-state index contributed by atoms with van der Waals surface area (Å²) in [6, 6.07) is -0.531. The number of nitrogens with two attached hydrogens (primary N) is 1. The lowest BCUT2D eigenvalue weighted by atomic mass is 9.93. The summed E-state index contributed by atoms with van der Waals surface area (Å²) in [5.41, 5.74) is 2.35. The first-order chi connectivity index (χ1) is 10.0. The number of alkyl halides is 6. The Kier molecular flexibility index (Phi) is 7.43. The van der Waals surface area contributed by atoms with Gasteiger partial charge in [-0.25, -0.2) is 0 Å². The minimum absolute atomic E-state index is 0. The molecule has 132 valence electrons. The van der Waals surface area contributed by atoms with E-state index in [4.69, 9.17) is 10.5 Å². The SMILES string of the molecule is C=CCC[C@H](N)c1c(OC)cc(C(F)(F)F)cc1C(F)(F)F.Cl. The summed E-state index contributed by atoms with van der Waals surface area (Å²) in [4.78, 5) is 0. The average molecular weight is 364 g/mol. The predicted octanol–water partition coefficient (Wildman–Crippen LogP) is 5.12. The van der Waals surface area contributed by atoms with Gasteiger partial charge >= 0.3 is 12.4 Å². The summed E-state index contributed by atoms with van der Waals surface area (Å²) in [6.07, 6.45) is -8.01. The molecule has 1 rings (SSSR count). The van der Waals surface area contributed by atoms with Crippen molar-refractivity contribution in [3.8, 4) is 5.75 Å². The van der Waals surface area contributed by atoms with E-state index in [1.54, 1.807) is 0 Å². The smallest absolute Gasteiger partial charge is 0.416 e. The molecule has 1 aromatic carbocycles. The quantitative estimate of drug-likeness (QED) is 0.582. The number of methoxy groups -OCH3 is 1. The highest BCUT2D eigenvalue weighted by molar-refractivity contribution is 5.85. The van der Waals surface area contributed by atoms with Gasteiger partial charge in [-0.15, -0.1) is 19.0 Å². The summed E-state index contributed by atoms with van der Waals surface area (Å²) >= 11 is 0.